The lowest BCUT2D eigenvalue weighted by atomic mass is 10.2. The largest absolute Gasteiger partial charge is 0.497 e. The van der Waals surface area contributed by atoms with Gasteiger partial charge in [0.15, 0.2) is 0 Å². The molecule has 102 valence electrons. The Labute approximate surface area is 113 Å². The molecule has 5 nitrogen and oxygen atoms in total. The van der Waals surface area contributed by atoms with Gasteiger partial charge in [0.1, 0.15) is 5.75 Å². The van der Waals surface area contributed by atoms with E-state index in [2.05, 4.69) is 29.5 Å². The van der Waals surface area contributed by atoms with Gasteiger partial charge in [0, 0.05) is 12.6 Å². The number of ether oxygens (including phenoxy) is 1. The van der Waals surface area contributed by atoms with E-state index in [1.165, 1.54) is 5.56 Å². The van der Waals surface area contributed by atoms with Crippen LogP contribution in [0.25, 0.3) is 0 Å². The van der Waals surface area contributed by atoms with Gasteiger partial charge in [0.2, 0.25) is 0 Å². The average Bonchev–Trinajstić information content (AvgIpc) is 2.85. The molecule has 0 spiro atoms. The molecule has 0 aliphatic carbocycles. The van der Waals surface area contributed by atoms with Gasteiger partial charge >= 0.3 is 0 Å². The van der Waals surface area contributed by atoms with E-state index < -0.39 is 0 Å². The fraction of sp³-hybridized carbons (Fsp3) is 0.429. The molecule has 5 heteroatoms. The van der Waals surface area contributed by atoms with E-state index in [-0.39, 0.29) is 0 Å². The number of benzene rings is 1. The van der Waals surface area contributed by atoms with Crippen LogP contribution in [0.3, 0.4) is 0 Å². The molecule has 2 rings (SSSR count). The van der Waals surface area contributed by atoms with Crippen LogP contribution in [-0.4, -0.2) is 28.1 Å². The molecule has 1 N–H and O–H groups in total. The van der Waals surface area contributed by atoms with Crippen LogP contribution in [0.4, 0.5) is 0 Å². The van der Waals surface area contributed by atoms with Crippen molar-refractivity contribution in [3.63, 3.8) is 0 Å². The van der Waals surface area contributed by atoms with Crippen LogP contribution < -0.4 is 10.1 Å². The molecule has 0 saturated heterocycles. The van der Waals surface area contributed by atoms with Crippen molar-refractivity contribution in [3.8, 4) is 5.75 Å². The molecule has 0 fully saturated rings. The highest BCUT2D eigenvalue weighted by Gasteiger charge is 2.02. The van der Waals surface area contributed by atoms with Crippen LogP contribution in [0.15, 0.2) is 30.5 Å². The second-order valence-corrected chi connectivity index (χ2v) is 4.79. The van der Waals surface area contributed by atoms with Gasteiger partial charge in [-0.25, -0.2) is 4.68 Å². The number of hydrogen-bond donors (Lipinski definition) is 1. The molecule has 19 heavy (non-hydrogen) atoms. The smallest absolute Gasteiger partial charge is 0.118 e. The highest BCUT2D eigenvalue weighted by Crippen LogP contribution is 2.12. The van der Waals surface area contributed by atoms with Crippen molar-refractivity contribution in [3.05, 3.63) is 41.7 Å². The zero-order chi connectivity index (χ0) is 13.7. The minimum atomic E-state index is 0.451. The third kappa shape index (κ3) is 4.06. The predicted octanol–water partition coefficient (Wildman–Crippen LogP) is 1.83. The Morgan fingerprint density at radius 3 is 2.63 bits per heavy atom. The summed E-state index contributed by atoms with van der Waals surface area (Å²) in [4.78, 5) is 0. The van der Waals surface area contributed by atoms with E-state index in [1.807, 2.05) is 35.1 Å². The van der Waals surface area contributed by atoms with E-state index in [0.29, 0.717) is 6.04 Å². The van der Waals surface area contributed by atoms with Gasteiger partial charge in [0.25, 0.3) is 0 Å². The van der Waals surface area contributed by atoms with Crippen molar-refractivity contribution in [1.29, 1.82) is 0 Å². The maximum absolute atomic E-state index is 5.13. The quantitative estimate of drug-likeness (QED) is 0.861. The standard InChI is InChI=1S/C14H20N4O/c1-11(2)15-8-13-10-18(17-16-13)9-12-4-6-14(19-3)7-5-12/h4-7,10-11,15H,8-9H2,1-3H3. The van der Waals surface area contributed by atoms with E-state index in [4.69, 9.17) is 4.74 Å². The summed E-state index contributed by atoms with van der Waals surface area (Å²) in [6.07, 6.45) is 1.97. The van der Waals surface area contributed by atoms with Gasteiger partial charge in [-0.2, -0.15) is 0 Å². The number of nitrogens with zero attached hydrogens (tertiary/aromatic N) is 3. The summed E-state index contributed by atoms with van der Waals surface area (Å²) in [5.74, 6) is 0.865. The number of rotatable bonds is 6. The Balaban J connectivity index is 1.95. The van der Waals surface area contributed by atoms with Gasteiger partial charge in [-0.1, -0.05) is 31.2 Å². The molecule has 0 aliphatic heterocycles. The first-order valence-electron chi connectivity index (χ1n) is 6.42. The average molecular weight is 260 g/mol. The molecular weight excluding hydrogens is 240 g/mol. The topological polar surface area (TPSA) is 52.0 Å². The van der Waals surface area contributed by atoms with Crippen LogP contribution in [-0.2, 0) is 13.1 Å². The first-order chi connectivity index (χ1) is 9.17. The second kappa shape index (κ2) is 6.33. The fourth-order valence-electron chi connectivity index (χ4n) is 1.72. The van der Waals surface area contributed by atoms with Crippen molar-refractivity contribution in [2.75, 3.05) is 7.11 Å². The van der Waals surface area contributed by atoms with Crippen LogP contribution in [0, 0.1) is 0 Å². The molecule has 0 bridgehead atoms. The number of aromatic nitrogens is 3. The van der Waals surface area contributed by atoms with Crippen LogP contribution in [0.1, 0.15) is 25.1 Å². The summed E-state index contributed by atoms with van der Waals surface area (Å²) < 4.78 is 6.98. The normalized spacial score (nSPS) is 10.9. The zero-order valence-electron chi connectivity index (χ0n) is 11.6. The third-order valence-electron chi connectivity index (χ3n) is 2.78. The van der Waals surface area contributed by atoms with E-state index in [9.17, 15) is 0 Å². The Morgan fingerprint density at radius 2 is 2.00 bits per heavy atom. The lowest BCUT2D eigenvalue weighted by Crippen LogP contribution is -2.21. The number of hydrogen-bond acceptors (Lipinski definition) is 4. The van der Waals surface area contributed by atoms with Gasteiger partial charge in [0.05, 0.1) is 25.5 Å². The molecule has 1 heterocycles. The molecule has 2 aromatic rings. The summed E-state index contributed by atoms with van der Waals surface area (Å²) in [6, 6.07) is 8.42. The number of nitrogens with one attached hydrogen (secondary N) is 1. The monoisotopic (exact) mass is 260 g/mol. The zero-order valence-corrected chi connectivity index (χ0v) is 11.6. The fourth-order valence-corrected chi connectivity index (χ4v) is 1.72. The Kier molecular flexibility index (Phi) is 4.52. The van der Waals surface area contributed by atoms with Crippen LogP contribution in [0.2, 0.25) is 0 Å². The maximum atomic E-state index is 5.13. The van der Waals surface area contributed by atoms with Crippen molar-refractivity contribution >= 4 is 0 Å². The molecule has 0 atom stereocenters. The summed E-state index contributed by atoms with van der Waals surface area (Å²) in [6.45, 7) is 5.70. The lowest BCUT2D eigenvalue weighted by Gasteiger charge is -2.04. The van der Waals surface area contributed by atoms with Gasteiger partial charge in [-0.3, -0.25) is 0 Å². The minimum absolute atomic E-state index is 0.451. The van der Waals surface area contributed by atoms with Crippen molar-refractivity contribution in [1.82, 2.24) is 20.3 Å². The minimum Gasteiger partial charge on any atom is -0.497 e. The summed E-state index contributed by atoms with van der Waals surface area (Å²) in [5.41, 5.74) is 2.14. The number of methoxy groups -OCH3 is 1. The maximum Gasteiger partial charge on any atom is 0.118 e. The summed E-state index contributed by atoms with van der Waals surface area (Å²) >= 11 is 0. The summed E-state index contributed by atoms with van der Waals surface area (Å²) in [7, 11) is 1.67. The van der Waals surface area contributed by atoms with E-state index in [0.717, 1.165) is 24.5 Å². The Hall–Kier alpha value is -1.88. The third-order valence-corrected chi connectivity index (χ3v) is 2.78. The first kappa shape index (κ1) is 13.5. The molecule has 1 aromatic carbocycles. The van der Waals surface area contributed by atoms with Crippen molar-refractivity contribution in [2.45, 2.75) is 33.0 Å². The molecule has 0 aliphatic rings. The highest BCUT2D eigenvalue weighted by atomic mass is 16.5. The van der Waals surface area contributed by atoms with Crippen LogP contribution >= 0.6 is 0 Å². The Bertz CT molecular complexity index is 504. The lowest BCUT2D eigenvalue weighted by molar-refractivity contribution is 0.414. The van der Waals surface area contributed by atoms with Gasteiger partial charge in [-0.15, -0.1) is 5.10 Å². The summed E-state index contributed by atoms with van der Waals surface area (Å²) in [5, 5.41) is 11.6. The van der Waals surface area contributed by atoms with Gasteiger partial charge in [-0.05, 0) is 17.7 Å². The predicted molar refractivity (Wildman–Crippen MR) is 74.1 cm³/mol. The van der Waals surface area contributed by atoms with Crippen molar-refractivity contribution < 1.29 is 4.74 Å². The molecule has 1 aromatic heterocycles. The van der Waals surface area contributed by atoms with Gasteiger partial charge < -0.3 is 10.1 Å². The van der Waals surface area contributed by atoms with Crippen LogP contribution in [0.5, 0.6) is 5.75 Å². The van der Waals surface area contributed by atoms with E-state index in [1.54, 1.807) is 7.11 Å². The first-order valence-corrected chi connectivity index (χ1v) is 6.42. The molecule has 0 unspecified atom stereocenters. The van der Waals surface area contributed by atoms with Crippen molar-refractivity contribution in [2.24, 2.45) is 0 Å². The molecular formula is C14H20N4O. The Morgan fingerprint density at radius 1 is 1.26 bits per heavy atom. The molecule has 0 radical (unpaired) electrons. The molecule has 0 amide bonds. The SMILES string of the molecule is COc1ccc(Cn2cc(CNC(C)C)nn2)cc1. The molecule has 0 saturated carbocycles. The second-order valence-electron chi connectivity index (χ2n) is 4.79. The van der Waals surface area contributed by atoms with E-state index >= 15 is 0 Å². The highest BCUT2D eigenvalue weighted by molar-refractivity contribution is 5.27.